The van der Waals surface area contributed by atoms with Crippen molar-refractivity contribution in [2.24, 2.45) is 0 Å². The fourth-order valence-corrected chi connectivity index (χ4v) is 2.53. The van der Waals surface area contributed by atoms with Gasteiger partial charge in [-0.3, -0.25) is 0 Å². The van der Waals surface area contributed by atoms with Gasteiger partial charge < -0.3 is 10.1 Å². The number of ether oxygens (including phenoxy) is 1. The van der Waals surface area contributed by atoms with Crippen molar-refractivity contribution in [1.29, 1.82) is 0 Å². The van der Waals surface area contributed by atoms with E-state index >= 15 is 0 Å². The molecule has 1 heterocycles. The van der Waals surface area contributed by atoms with Crippen LogP contribution in [0.3, 0.4) is 0 Å². The summed E-state index contributed by atoms with van der Waals surface area (Å²) in [5, 5.41) is 3.60. The summed E-state index contributed by atoms with van der Waals surface area (Å²) in [7, 11) is 0. The van der Waals surface area contributed by atoms with Crippen LogP contribution in [0, 0.1) is 0 Å². The molecule has 1 saturated heterocycles. The zero-order valence-corrected chi connectivity index (χ0v) is 11.1. The number of morpholine rings is 1. The van der Waals surface area contributed by atoms with Gasteiger partial charge in [-0.05, 0) is 25.3 Å². The summed E-state index contributed by atoms with van der Waals surface area (Å²) in [4.78, 5) is 0. The van der Waals surface area contributed by atoms with Crippen molar-refractivity contribution in [2.45, 2.75) is 51.4 Å². The molecule has 1 aliphatic rings. The first-order valence-corrected chi connectivity index (χ1v) is 6.67. The third-order valence-corrected chi connectivity index (χ3v) is 3.99. The van der Waals surface area contributed by atoms with Crippen LogP contribution in [0.2, 0.25) is 0 Å². The molecule has 0 spiro atoms. The highest BCUT2D eigenvalue weighted by atomic mass is 16.5. The highest BCUT2D eigenvalue weighted by Crippen LogP contribution is 2.34. The molecule has 2 rings (SSSR count). The van der Waals surface area contributed by atoms with E-state index in [0.29, 0.717) is 6.04 Å². The Kier molecular flexibility index (Phi) is 3.85. The van der Waals surface area contributed by atoms with Gasteiger partial charge in [0.2, 0.25) is 0 Å². The lowest BCUT2D eigenvalue weighted by Gasteiger charge is -2.44. The molecule has 1 aromatic carbocycles. The first kappa shape index (κ1) is 12.6. The van der Waals surface area contributed by atoms with Gasteiger partial charge >= 0.3 is 0 Å². The van der Waals surface area contributed by atoms with E-state index in [1.165, 1.54) is 5.56 Å². The zero-order chi connectivity index (χ0) is 12.3. The number of benzene rings is 1. The first-order valence-electron chi connectivity index (χ1n) is 6.67. The summed E-state index contributed by atoms with van der Waals surface area (Å²) in [6, 6.07) is 10.9. The van der Waals surface area contributed by atoms with E-state index in [-0.39, 0.29) is 11.7 Å². The third-order valence-electron chi connectivity index (χ3n) is 3.99. The normalized spacial score (nSPS) is 27.9. The molecule has 2 nitrogen and oxygen atoms in total. The lowest BCUT2D eigenvalue weighted by atomic mass is 9.91. The minimum absolute atomic E-state index is 0.00696. The van der Waals surface area contributed by atoms with Crippen LogP contribution in [0.4, 0.5) is 0 Å². The molecule has 0 bridgehead atoms. The Hall–Kier alpha value is -0.860. The van der Waals surface area contributed by atoms with Gasteiger partial charge in [0, 0.05) is 12.6 Å². The topological polar surface area (TPSA) is 21.3 Å². The SMILES string of the molecule is CCC1(CC)CNC(C)C(c2ccccc2)O1. The minimum atomic E-state index is 0.00696. The monoisotopic (exact) mass is 233 g/mol. The zero-order valence-electron chi connectivity index (χ0n) is 11.1. The molecule has 1 fully saturated rings. The Morgan fingerprint density at radius 2 is 1.88 bits per heavy atom. The highest BCUT2D eigenvalue weighted by Gasteiger charge is 2.38. The molecule has 1 aliphatic heterocycles. The van der Waals surface area contributed by atoms with Crippen LogP contribution in [0.15, 0.2) is 30.3 Å². The van der Waals surface area contributed by atoms with Gasteiger partial charge in [0.1, 0.15) is 0 Å². The molecule has 17 heavy (non-hydrogen) atoms. The smallest absolute Gasteiger partial charge is 0.0983 e. The van der Waals surface area contributed by atoms with Gasteiger partial charge in [0.15, 0.2) is 0 Å². The molecule has 0 amide bonds. The van der Waals surface area contributed by atoms with Crippen LogP contribution in [0.1, 0.15) is 45.3 Å². The molecule has 0 aromatic heterocycles. The van der Waals surface area contributed by atoms with E-state index < -0.39 is 0 Å². The number of nitrogens with one attached hydrogen (secondary N) is 1. The van der Waals surface area contributed by atoms with E-state index in [2.05, 4.69) is 56.4 Å². The van der Waals surface area contributed by atoms with Crippen LogP contribution in [-0.4, -0.2) is 18.2 Å². The molecular formula is C15H23NO. The van der Waals surface area contributed by atoms with Gasteiger partial charge in [-0.1, -0.05) is 44.2 Å². The van der Waals surface area contributed by atoms with Gasteiger partial charge in [0.05, 0.1) is 11.7 Å². The van der Waals surface area contributed by atoms with Gasteiger partial charge in [0.25, 0.3) is 0 Å². The molecule has 2 atom stereocenters. The summed E-state index contributed by atoms with van der Waals surface area (Å²) in [6.07, 6.45) is 2.30. The van der Waals surface area contributed by atoms with Crippen LogP contribution >= 0.6 is 0 Å². The molecule has 1 N–H and O–H groups in total. The standard InChI is InChI=1S/C15H23NO/c1-4-15(5-2)11-16-12(3)14(17-15)13-9-7-6-8-10-13/h6-10,12,14,16H,4-5,11H2,1-3H3. The largest absolute Gasteiger partial charge is 0.364 e. The maximum Gasteiger partial charge on any atom is 0.0983 e. The average Bonchev–Trinajstić information content (AvgIpc) is 2.41. The van der Waals surface area contributed by atoms with Gasteiger partial charge in [-0.2, -0.15) is 0 Å². The maximum atomic E-state index is 6.41. The summed E-state index contributed by atoms with van der Waals surface area (Å²) >= 11 is 0. The van der Waals surface area contributed by atoms with Crippen LogP contribution in [0.5, 0.6) is 0 Å². The minimum Gasteiger partial charge on any atom is -0.364 e. The van der Waals surface area contributed by atoms with Gasteiger partial charge in [-0.15, -0.1) is 0 Å². The fourth-order valence-electron chi connectivity index (χ4n) is 2.53. The molecular weight excluding hydrogens is 210 g/mol. The fraction of sp³-hybridized carbons (Fsp3) is 0.600. The first-order chi connectivity index (χ1) is 8.21. The van der Waals surface area contributed by atoms with E-state index in [1.54, 1.807) is 0 Å². The van der Waals surface area contributed by atoms with Crippen molar-refractivity contribution >= 4 is 0 Å². The Bertz CT molecular complexity index is 345. The quantitative estimate of drug-likeness (QED) is 0.865. The summed E-state index contributed by atoms with van der Waals surface area (Å²) in [6.45, 7) is 7.59. The van der Waals surface area contributed by atoms with E-state index in [0.717, 1.165) is 19.4 Å². The summed E-state index contributed by atoms with van der Waals surface area (Å²) < 4.78 is 6.41. The molecule has 2 unspecified atom stereocenters. The molecule has 2 heteroatoms. The predicted octanol–water partition coefficient (Wildman–Crippen LogP) is 3.29. The number of hydrogen-bond donors (Lipinski definition) is 1. The molecule has 0 radical (unpaired) electrons. The number of rotatable bonds is 3. The molecule has 1 aromatic rings. The summed E-state index contributed by atoms with van der Waals surface area (Å²) in [5.74, 6) is 0. The lowest BCUT2D eigenvalue weighted by Crippen LogP contribution is -2.54. The van der Waals surface area contributed by atoms with E-state index in [9.17, 15) is 0 Å². The molecule has 94 valence electrons. The van der Waals surface area contributed by atoms with Crippen molar-refractivity contribution in [3.63, 3.8) is 0 Å². The Balaban J connectivity index is 2.21. The van der Waals surface area contributed by atoms with E-state index in [4.69, 9.17) is 4.74 Å². The van der Waals surface area contributed by atoms with Crippen LogP contribution in [0.25, 0.3) is 0 Å². The second kappa shape index (κ2) is 5.19. The average molecular weight is 233 g/mol. The predicted molar refractivity (Wildman–Crippen MR) is 71.0 cm³/mol. The second-order valence-corrected chi connectivity index (χ2v) is 5.01. The summed E-state index contributed by atoms with van der Waals surface area (Å²) in [5.41, 5.74) is 1.28. The van der Waals surface area contributed by atoms with Crippen molar-refractivity contribution in [3.8, 4) is 0 Å². The van der Waals surface area contributed by atoms with Crippen molar-refractivity contribution < 1.29 is 4.74 Å². The Morgan fingerprint density at radius 1 is 1.24 bits per heavy atom. The van der Waals surface area contributed by atoms with E-state index in [1.807, 2.05) is 0 Å². The van der Waals surface area contributed by atoms with Crippen molar-refractivity contribution in [1.82, 2.24) is 5.32 Å². The molecule has 0 saturated carbocycles. The number of hydrogen-bond acceptors (Lipinski definition) is 2. The third kappa shape index (κ3) is 2.53. The van der Waals surface area contributed by atoms with Gasteiger partial charge in [-0.25, -0.2) is 0 Å². The van der Waals surface area contributed by atoms with Crippen LogP contribution < -0.4 is 5.32 Å². The second-order valence-electron chi connectivity index (χ2n) is 5.01. The van der Waals surface area contributed by atoms with Crippen LogP contribution in [-0.2, 0) is 4.74 Å². The van der Waals surface area contributed by atoms with Crippen molar-refractivity contribution in [3.05, 3.63) is 35.9 Å². The maximum absolute atomic E-state index is 6.41. The Morgan fingerprint density at radius 3 is 2.47 bits per heavy atom. The Labute approximate surface area is 104 Å². The lowest BCUT2D eigenvalue weighted by molar-refractivity contribution is -0.139. The highest BCUT2D eigenvalue weighted by molar-refractivity contribution is 5.20. The van der Waals surface area contributed by atoms with Crippen molar-refractivity contribution in [2.75, 3.05) is 6.54 Å². The molecule has 0 aliphatic carbocycles.